The zero-order valence-corrected chi connectivity index (χ0v) is 16.3. The number of alkyl halides is 3. The Balaban J connectivity index is 1.68. The molecule has 7 heteroatoms. The number of likely N-dealkylation sites (N-methyl/N-ethyl adjacent to an activating group) is 1. The molecule has 1 aromatic carbocycles. The molecule has 0 atom stereocenters. The van der Waals surface area contributed by atoms with E-state index in [4.69, 9.17) is 0 Å². The van der Waals surface area contributed by atoms with E-state index in [0.29, 0.717) is 37.2 Å². The number of aliphatic imine (C=N–C) groups is 1. The third-order valence-electron chi connectivity index (χ3n) is 5.63. The molecular formula is C21H26F3N3O. The maximum Gasteiger partial charge on any atom is 0.416 e. The molecule has 152 valence electrons. The molecular weight excluding hydrogens is 367 g/mol. The van der Waals surface area contributed by atoms with Crippen LogP contribution in [0.5, 0.6) is 0 Å². The molecule has 1 aromatic rings. The maximum atomic E-state index is 13.3. The molecule has 3 rings (SSSR count). The van der Waals surface area contributed by atoms with E-state index in [9.17, 15) is 18.0 Å². The number of amides is 1. The lowest BCUT2D eigenvalue weighted by Gasteiger charge is -2.34. The van der Waals surface area contributed by atoms with Gasteiger partial charge in [0.05, 0.1) is 5.56 Å². The van der Waals surface area contributed by atoms with Crippen molar-refractivity contribution >= 4 is 11.6 Å². The van der Waals surface area contributed by atoms with Gasteiger partial charge in [-0.05, 0) is 49.4 Å². The lowest BCUT2D eigenvalue weighted by atomic mass is 9.86. The Bertz CT molecular complexity index is 777. The van der Waals surface area contributed by atoms with E-state index in [1.807, 2.05) is 13.1 Å². The summed E-state index contributed by atoms with van der Waals surface area (Å²) in [5, 5.41) is 0. The fourth-order valence-electron chi connectivity index (χ4n) is 4.02. The van der Waals surface area contributed by atoms with Crippen molar-refractivity contribution in [2.75, 3.05) is 40.3 Å². The molecule has 0 aliphatic carbocycles. The van der Waals surface area contributed by atoms with Crippen LogP contribution in [0, 0.1) is 0 Å². The Morgan fingerprint density at radius 2 is 1.82 bits per heavy atom. The van der Waals surface area contributed by atoms with Gasteiger partial charge in [-0.1, -0.05) is 24.3 Å². The molecule has 0 unspecified atom stereocenters. The third-order valence-corrected chi connectivity index (χ3v) is 5.63. The summed E-state index contributed by atoms with van der Waals surface area (Å²) in [5.41, 5.74) is 1.23. The molecule has 2 heterocycles. The van der Waals surface area contributed by atoms with Crippen molar-refractivity contribution in [1.29, 1.82) is 0 Å². The minimum absolute atomic E-state index is 0.110. The number of piperidine rings is 1. The highest BCUT2D eigenvalue weighted by Crippen LogP contribution is 2.38. The standard InChI is InChI=1S/C21H26F3N3O/c1-25-19(16-7-11-26(2)12-8-16)20(28)27-13-9-15(10-14-27)17-5-3-4-6-18(17)21(22,23)24/h3-7,15H,8-14H2,1-2H3/b25-19+. The van der Waals surface area contributed by atoms with Gasteiger partial charge in [-0.3, -0.25) is 9.79 Å². The number of carbonyl (C=O) groups excluding carboxylic acids is 1. The van der Waals surface area contributed by atoms with Crippen molar-refractivity contribution < 1.29 is 18.0 Å². The van der Waals surface area contributed by atoms with Gasteiger partial charge in [0.1, 0.15) is 5.71 Å². The van der Waals surface area contributed by atoms with E-state index in [1.165, 1.54) is 6.07 Å². The zero-order chi connectivity index (χ0) is 20.3. The van der Waals surface area contributed by atoms with Gasteiger partial charge in [0.25, 0.3) is 5.91 Å². The van der Waals surface area contributed by atoms with Crippen LogP contribution in [0.3, 0.4) is 0 Å². The van der Waals surface area contributed by atoms with Crippen molar-refractivity contribution in [2.24, 2.45) is 4.99 Å². The largest absolute Gasteiger partial charge is 0.416 e. The molecule has 0 radical (unpaired) electrons. The second-order valence-corrected chi connectivity index (χ2v) is 7.47. The highest BCUT2D eigenvalue weighted by atomic mass is 19.4. The van der Waals surface area contributed by atoms with E-state index >= 15 is 0 Å². The van der Waals surface area contributed by atoms with Crippen LogP contribution in [0.2, 0.25) is 0 Å². The molecule has 0 N–H and O–H groups in total. The number of rotatable bonds is 3. The van der Waals surface area contributed by atoms with Gasteiger partial charge in [-0.25, -0.2) is 0 Å². The molecule has 0 bridgehead atoms. The quantitative estimate of drug-likeness (QED) is 0.734. The van der Waals surface area contributed by atoms with Gasteiger partial charge >= 0.3 is 6.18 Å². The number of halogens is 3. The van der Waals surface area contributed by atoms with Crippen molar-refractivity contribution in [3.05, 3.63) is 47.0 Å². The molecule has 0 saturated carbocycles. The van der Waals surface area contributed by atoms with E-state index in [1.54, 1.807) is 24.1 Å². The Hall–Kier alpha value is -2.15. The van der Waals surface area contributed by atoms with Gasteiger partial charge in [-0.2, -0.15) is 13.2 Å². The Kier molecular flexibility index (Phi) is 6.23. The summed E-state index contributed by atoms with van der Waals surface area (Å²) in [6.45, 7) is 2.57. The molecule has 28 heavy (non-hydrogen) atoms. The Labute approximate surface area is 163 Å². The smallest absolute Gasteiger partial charge is 0.337 e. The van der Waals surface area contributed by atoms with Crippen molar-refractivity contribution in [2.45, 2.75) is 31.4 Å². The summed E-state index contributed by atoms with van der Waals surface area (Å²) in [6, 6.07) is 5.77. The first-order valence-electron chi connectivity index (χ1n) is 9.61. The molecule has 0 spiro atoms. The average molecular weight is 393 g/mol. The molecule has 1 saturated heterocycles. The van der Waals surface area contributed by atoms with Crippen molar-refractivity contribution in [1.82, 2.24) is 9.80 Å². The minimum atomic E-state index is -4.35. The highest BCUT2D eigenvalue weighted by molar-refractivity contribution is 6.45. The van der Waals surface area contributed by atoms with Crippen LogP contribution in [-0.2, 0) is 11.0 Å². The molecule has 2 aliphatic rings. The van der Waals surface area contributed by atoms with Gasteiger partial charge in [-0.15, -0.1) is 0 Å². The first-order chi connectivity index (χ1) is 13.3. The molecule has 2 aliphatic heterocycles. The first kappa shape index (κ1) is 20.6. The fraction of sp³-hybridized carbons (Fsp3) is 0.524. The highest BCUT2D eigenvalue weighted by Gasteiger charge is 2.36. The summed E-state index contributed by atoms with van der Waals surface area (Å²) < 4.78 is 39.9. The topological polar surface area (TPSA) is 35.9 Å². The summed E-state index contributed by atoms with van der Waals surface area (Å²) in [7, 11) is 3.65. The molecule has 4 nitrogen and oxygen atoms in total. The normalized spacial score (nSPS) is 20.2. The van der Waals surface area contributed by atoms with Crippen LogP contribution in [0.1, 0.15) is 36.3 Å². The second kappa shape index (κ2) is 8.47. The van der Waals surface area contributed by atoms with Crippen LogP contribution in [-0.4, -0.2) is 61.7 Å². The predicted molar refractivity (Wildman–Crippen MR) is 104 cm³/mol. The monoisotopic (exact) mass is 393 g/mol. The van der Waals surface area contributed by atoms with Crippen LogP contribution < -0.4 is 0 Å². The van der Waals surface area contributed by atoms with Crippen LogP contribution >= 0.6 is 0 Å². The number of nitrogens with zero attached hydrogens (tertiary/aromatic N) is 3. The molecule has 1 fully saturated rings. The Morgan fingerprint density at radius 1 is 1.14 bits per heavy atom. The van der Waals surface area contributed by atoms with E-state index in [-0.39, 0.29) is 11.8 Å². The van der Waals surface area contributed by atoms with Crippen molar-refractivity contribution in [3.8, 4) is 0 Å². The van der Waals surface area contributed by atoms with Crippen LogP contribution in [0.4, 0.5) is 13.2 Å². The predicted octanol–water partition coefficient (Wildman–Crippen LogP) is 3.74. The van der Waals surface area contributed by atoms with E-state index < -0.39 is 11.7 Å². The maximum absolute atomic E-state index is 13.3. The fourth-order valence-corrected chi connectivity index (χ4v) is 4.02. The van der Waals surface area contributed by atoms with E-state index in [2.05, 4.69) is 9.89 Å². The number of hydrogen-bond donors (Lipinski definition) is 0. The van der Waals surface area contributed by atoms with Gasteiger partial charge in [0, 0.05) is 33.2 Å². The Morgan fingerprint density at radius 3 is 2.39 bits per heavy atom. The summed E-state index contributed by atoms with van der Waals surface area (Å²) in [4.78, 5) is 21.1. The summed E-state index contributed by atoms with van der Waals surface area (Å²) in [6.07, 6.45) is -0.484. The number of hydrogen-bond acceptors (Lipinski definition) is 3. The zero-order valence-electron chi connectivity index (χ0n) is 16.3. The SMILES string of the molecule is C/N=C(/C(=O)N1CCC(c2ccccc2C(F)(F)F)CC1)C1=CCN(C)CC1. The number of carbonyl (C=O) groups is 1. The third kappa shape index (κ3) is 4.46. The average Bonchev–Trinajstić information content (AvgIpc) is 2.69. The minimum Gasteiger partial charge on any atom is -0.337 e. The molecule has 0 aromatic heterocycles. The molecule has 1 amide bonds. The lowest BCUT2D eigenvalue weighted by molar-refractivity contribution is -0.138. The summed E-state index contributed by atoms with van der Waals surface area (Å²) in [5.74, 6) is -0.299. The van der Waals surface area contributed by atoms with Crippen LogP contribution in [0.15, 0.2) is 40.9 Å². The van der Waals surface area contributed by atoms with Crippen LogP contribution in [0.25, 0.3) is 0 Å². The number of likely N-dealkylation sites (tertiary alicyclic amines) is 1. The lowest BCUT2D eigenvalue weighted by Crippen LogP contribution is -2.43. The second-order valence-electron chi connectivity index (χ2n) is 7.47. The first-order valence-corrected chi connectivity index (χ1v) is 9.61. The van der Waals surface area contributed by atoms with Gasteiger partial charge < -0.3 is 9.80 Å². The van der Waals surface area contributed by atoms with E-state index in [0.717, 1.165) is 31.1 Å². The van der Waals surface area contributed by atoms with Crippen molar-refractivity contribution in [3.63, 3.8) is 0 Å². The summed E-state index contributed by atoms with van der Waals surface area (Å²) >= 11 is 0. The van der Waals surface area contributed by atoms with Gasteiger partial charge in [0.15, 0.2) is 0 Å². The number of benzene rings is 1. The van der Waals surface area contributed by atoms with Gasteiger partial charge in [0.2, 0.25) is 0 Å².